The van der Waals surface area contributed by atoms with Gasteiger partial charge in [0.1, 0.15) is 5.60 Å². The largest absolute Gasteiger partial charge is 0.479 e. The number of likely N-dealkylation sites (tertiary alicyclic amines) is 1. The van der Waals surface area contributed by atoms with Crippen molar-refractivity contribution < 1.29 is 23.8 Å². The maximum atomic E-state index is 13.9. The lowest BCUT2D eigenvalue weighted by Crippen LogP contribution is -2.52. The molecule has 0 radical (unpaired) electrons. The lowest BCUT2D eigenvalue weighted by Gasteiger charge is -2.35. The van der Waals surface area contributed by atoms with Crippen molar-refractivity contribution in [2.45, 2.75) is 44.9 Å². The van der Waals surface area contributed by atoms with E-state index < -0.39 is 29.9 Å². The van der Waals surface area contributed by atoms with Crippen LogP contribution in [0.1, 0.15) is 33.6 Å². The molecule has 5 nitrogen and oxygen atoms in total. The summed E-state index contributed by atoms with van der Waals surface area (Å²) in [5, 5.41) is 8.78. The Morgan fingerprint density at radius 2 is 2.00 bits per heavy atom. The van der Waals surface area contributed by atoms with E-state index in [1.54, 1.807) is 20.8 Å². The number of carbonyl (C=O) groups excluding carboxylic acids is 1. The highest BCUT2D eigenvalue weighted by Gasteiger charge is 2.44. The molecule has 1 fully saturated rings. The van der Waals surface area contributed by atoms with Crippen molar-refractivity contribution in [2.75, 3.05) is 13.1 Å². The maximum absolute atomic E-state index is 13.9. The number of alkyl halides is 1. The van der Waals surface area contributed by atoms with Gasteiger partial charge in [0.15, 0.2) is 0 Å². The van der Waals surface area contributed by atoms with Crippen molar-refractivity contribution >= 4 is 12.1 Å². The van der Waals surface area contributed by atoms with Gasteiger partial charge in [0, 0.05) is 6.54 Å². The molecular formula is C11H18FNO4. The van der Waals surface area contributed by atoms with Crippen molar-refractivity contribution in [1.29, 1.82) is 0 Å². The first kappa shape index (κ1) is 13.7. The molecule has 1 N–H and O–H groups in total. The van der Waals surface area contributed by atoms with Crippen molar-refractivity contribution in [3.8, 4) is 0 Å². The average molecular weight is 247 g/mol. The molecule has 1 aliphatic heterocycles. The monoisotopic (exact) mass is 247 g/mol. The fraction of sp³-hybridized carbons (Fsp3) is 0.818. The second kappa shape index (κ2) is 4.50. The smallest absolute Gasteiger partial charge is 0.410 e. The Bertz CT molecular complexity index is 326. The van der Waals surface area contributed by atoms with Gasteiger partial charge in [-0.2, -0.15) is 0 Å². The standard InChI is InChI=1S/C11H18FNO4/c1-10(2,3)17-9(16)13-6-4-5-11(12,7-13)8(14)15/h4-7H2,1-3H3,(H,14,15)/t11-/m0/s1. The minimum absolute atomic E-state index is 0.0678. The number of rotatable bonds is 1. The molecule has 17 heavy (non-hydrogen) atoms. The Labute approximate surface area is 99.5 Å². The normalized spacial score (nSPS) is 25.5. The van der Waals surface area contributed by atoms with Crippen molar-refractivity contribution in [3.63, 3.8) is 0 Å². The van der Waals surface area contributed by atoms with Gasteiger partial charge in [-0.15, -0.1) is 0 Å². The van der Waals surface area contributed by atoms with Gasteiger partial charge in [0.2, 0.25) is 5.67 Å². The summed E-state index contributed by atoms with van der Waals surface area (Å²) in [7, 11) is 0. The summed E-state index contributed by atoms with van der Waals surface area (Å²) < 4.78 is 19.0. The second-order valence-corrected chi connectivity index (χ2v) is 5.28. The van der Waals surface area contributed by atoms with Crippen molar-refractivity contribution in [2.24, 2.45) is 0 Å². The Kier molecular flexibility index (Phi) is 3.64. The molecule has 6 heteroatoms. The number of aliphatic carboxylic acids is 1. The SMILES string of the molecule is CC(C)(C)OC(=O)N1CCC[C@@](F)(C(=O)O)C1. The van der Waals surface area contributed by atoms with Crippen LogP contribution in [-0.2, 0) is 9.53 Å². The van der Waals surface area contributed by atoms with E-state index in [1.165, 1.54) is 0 Å². The number of piperidine rings is 1. The molecular weight excluding hydrogens is 229 g/mol. The predicted octanol–water partition coefficient (Wildman–Crippen LogP) is 1.81. The Hall–Kier alpha value is -1.33. The van der Waals surface area contributed by atoms with Crippen LogP contribution in [0.2, 0.25) is 0 Å². The summed E-state index contributed by atoms with van der Waals surface area (Å²) in [5.41, 5.74) is -3.02. The van der Waals surface area contributed by atoms with Gasteiger partial charge in [-0.05, 0) is 33.6 Å². The maximum Gasteiger partial charge on any atom is 0.410 e. The Morgan fingerprint density at radius 3 is 2.47 bits per heavy atom. The molecule has 0 aromatic carbocycles. The number of hydrogen-bond acceptors (Lipinski definition) is 3. The number of carboxylic acid groups (broad SMARTS) is 1. The molecule has 1 saturated heterocycles. The van der Waals surface area contributed by atoms with Gasteiger partial charge >= 0.3 is 12.1 Å². The first-order valence-corrected chi connectivity index (χ1v) is 5.54. The van der Waals surface area contributed by atoms with Crippen LogP contribution in [0.3, 0.4) is 0 Å². The van der Waals surface area contributed by atoms with Crippen LogP contribution in [0.15, 0.2) is 0 Å². The van der Waals surface area contributed by atoms with Gasteiger partial charge in [-0.25, -0.2) is 14.0 Å². The zero-order valence-corrected chi connectivity index (χ0v) is 10.3. The first-order chi connectivity index (χ1) is 7.64. The van der Waals surface area contributed by atoms with Gasteiger partial charge in [0.25, 0.3) is 0 Å². The Morgan fingerprint density at radius 1 is 1.41 bits per heavy atom. The lowest BCUT2D eigenvalue weighted by atomic mass is 9.95. The summed E-state index contributed by atoms with van der Waals surface area (Å²) in [5.74, 6) is -1.52. The third kappa shape index (κ3) is 3.57. The van der Waals surface area contributed by atoms with Crippen molar-refractivity contribution in [3.05, 3.63) is 0 Å². The molecule has 0 spiro atoms. The fourth-order valence-corrected chi connectivity index (χ4v) is 1.67. The van der Waals surface area contributed by atoms with Crippen LogP contribution < -0.4 is 0 Å². The van der Waals surface area contributed by atoms with Crippen LogP contribution >= 0.6 is 0 Å². The quantitative estimate of drug-likeness (QED) is 0.767. The highest BCUT2D eigenvalue weighted by molar-refractivity contribution is 5.79. The van der Waals surface area contributed by atoms with Gasteiger partial charge in [-0.3, -0.25) is 0 Å². The predicted molar refractivity (Wildman–Crippen MR) is 58.5 cm³/mol. The minimum Gasteiger partial charge on any atom is -0.479 e. The average Bonchev–Trinajstić information content (AvgIpc) is 2.15. The highest BCUT2D eigenvalue weighted by Crippen LogP contribution is 2.26. The minimum atomic E-state index is -2.35. The van der Waals surface area contributed by atoms with Gasteiger partial charge < -0.3 is 14.7 Å². The molecule has 0 aromatic rings. The molecule has 0 aromatic heterocycles. The summed E-state index contributed by atoms with van der Waals surface area (Å²) in [4.78, 5) is 23.6. The topological polar surface area (TPSA) is 66.8 Å². The zero-order chi connectivity index (χ0) is 13.3. The molecule has 1 heterocycles. The number of carbonyl (C=O) groups is 2. The third-order valence-electron chi connectivity index (χ3n) is 2.48. The van der Waals surface area contributed by atoms with E-state index >= 15 is 0 Å². The number of ether oxygens (including phenoxy) is 1. The Balaban J connectivity index is 2.67. The van der Waals surface area contributed by atoms with E-state index in [0.717, 1.165) is 4.90 Å². The number of nitrogens with zero attached hydrogens (tertiary/aromatic N) is 1. The lowest BCUT2D eigenvalue weighted by molar-refractivity contribution is -0.154. The highest BCUT2D eigenvalue weighted by atomic mass is 19.1. The van der Waals surface area contributed by atoms with Crippen LogP contribution in [0.4, 0.5) is 9.18 Å². The molecule has 1 amide bonds. The summed E-state index contributed by atoms with van der Waals surface area (Å²) >= 11 is 0. The number of halogens is 1. The summed E-state index contributed by atoms with van der Waals surface area (Å²) in [6, 6.07) is 0. The molecule has 98 valence electrons. The molecule has 0 saturated carbocycles. The molecule has 1 atom stereocenters. The van der Waals surface area contributed by atoms with E-state index in [0.29, 0.717) is 13.0 Å². The molecule has 1 rings (SSSR count). The van der Waals surface area contributed by atoms with E-state index in [-0.39, 0.29) is 6.42 Å². The second-order valence-electron chi connectivity index (χ2n) is 5.28. The fourth-order valence-electron chi connectivity index (χ4n) is 1.67. The summed E-state index contributed by atoms with van der Waals surface area (Å²) in [6.45, 7) is 4.99. The summed E-state index contributed by atoms with van der Waals surface area (Å²) in [6.07, 6.45) is -0.413. The van der Waals surface area contributed by atoms with Gasteiger partial charge in [0.05, 0.1) is 6.54 Å². The van der Waals surface area contributed by atoms with E-state index in [4.69, 9.17) is 9.84 Å². The van der Waals surface area contributed by atoms with Gasteiger partial charge in [-0.1, -0.05) is 0 Å². The van der Waals surface area contributed by atoms with E-state index in [9.17, 15) is 14.0 Å². The number of amides is 1. The van der Waals surface area contributed by atoms with E-state index in [2.05, 4.69) is 0 Å². The van der Waals surface area contributed by atoms with E-state index in [1.807, 2.05) is 0 Å². The molecule has 0 aliphatic carbocycles. The van der Waals surface area contributed by atoms with Crippen molar-refractivity contribution in [1.82, 2.24) is 4.90 Å². The van der Waals surface area contributed by atoms with Crippen LogP contribution in [0.25, 0.3) is 0 Å². The number of hydrogen-bond donors (Lipinski definition) is 1. The van der Waals surface area contributed by atoms with Crippen LogP contribution in [0, 0.1) is 0 Å². The first-order valence-electron chi connectivity index (χ1n) is 5.54. The van der Waals surface area contributed by atoms with Crippen LogP contribution in [0.5, 0.6) is 0 Å². The number of carboxylic acids is 1. The zero-order valence-electron chi connectivity index (χ0n) is 10.3. The molecule has 0 unspecified atom stereocenters. The third-order valence-corrected chi connectivity index (χ3v) is 2.48. The molecule has 1 aliphatic rings. The molecule has 0 bridgehead atoms. The van der Waals surface area contributed by atoms with Crippen LogP contribution in [-0.4, -0.2) is 46.4 Å².